The van der Waals surface area contributed by atoms with E-state index in [-0.39, 0.29) is 47.5 Å². The van der Waals surface area contributed by atoms with Crippen molar-refractivity contribution >= 4 is 51.1 Å². The lowest BCUT2D eigenvalue weighted by molar-refractivity contribution is -0.124. The predicted molar refractivity (Wildman–Crippen MR) is 190 cm³/mol. The van der Waals surface area contributed by atoms with Gasteiger partial charge in [-0.1, -0.05) is 47.1 Å². The highest BCUT2D eigenvalue weighted by atomic mass is 35.5. The number of aromatic nitrogens is 5. The van der Waals surface area contributed by atoms with Crippen LogP contribution < -0.4 is 9.64 Å². The van der Waals surface area contributed by atoms with Crippen molar-refractivity contribution in [2.24, 2.45) is 0 Å². The summed E-state index contributed by atoms with van der Waals surface area (Å²) in [5.74, 6) is -0.616. The molecule has 3 fully saturated rings. The van der Waals surface area contributed by atoms with Crippen molar-refractivity contribution in [1.82, 2.24) is 34.9 Å². The minimum absolute atomic E-state index is 0.0202. The van der Waals surface area contributed by atoms with Gasteiger partial charge in [-0.3, -0.25) is 14.7 Å². The third kappa shape index (κ3) is 6.21. The van der Waals surface area contributed by atoms with E-state index >= 15 is 4.39 Å². The number of alkyl halides is 2. The molecule has 2 aromatic carbocycles. The van der Waals surface area contributed by atoms with Crippen LogP contribution >= 0.6 is 11.6 Å². The zero-order valence-electron chi connectivity index (χ0n) is 28.6. The fourth-order valence-corrected chi connectivity index (χ4v) is 8.12. The highest BCUT2D eigenvalue weighted by Crippen LogP contribution is 2.41. The van der Waals surface area contributed by atoms with Crippen LogP contribution in [0.2, 0.25) is 5.02 Å². The number of likely N-dealkylation sites (tertiary alicyclic amines) is 1. The number of amides is 1. The number of carbonyl (C=O) groups excluding carboxylic acids is 1. The Kier molecular flexibility index (Phi) is 8.98. The Morgan fingerprint density at radius 2 is 2.02 bits per heavy atom. The van der Waals surface area contributed by atoms with Gasteiger partial charge < -0.3 is 19.1 Å². The molecule has 11 nitrogen and oxygen atoms in total. The summed E-state index contributed by atoms with van der Waals surface area (Å²) < 4.78 is 56.2. The first-order chi connectivity index (χ1) is 25.1. The van der Waals surface area contributed by atoms with Gasteiger partial charge in [0.05, 0.1) is 10.9 Å². The average molecular weight is 733 g/mol. The molecule has 52 heavy (non-hydrogen) atoms. The first-order valence-corrected chi connectivity index (χ1v) is 17.7. The van der Waals surface area contributed by atoms with Crippen LogP contribution in [-0.4, -0.2) is 98.4 Å². The Labute approximate surface area is 302 Å². The fraction of sp³-hybridized carbons (Fsp3) is 0.405. The Balaban J connectivity index is 1.12. The van der Waals surface area contributed by atoms with E-state index < -0.39 is 23.7 Å². The largest absolute Gasteiger partial charge is 0.461 e. The van der Waals surface area contributed by atoms with Crippen LogP contribution in [-0.2, 0) is 4.79 Å². The minimum atomic E-state index is -1.39. The van der Waals surface area contributed by atoms with Gasteiger partial charge in [0.15, 0.2) is 12.0 Å². The predicted octanol–water partition coefficient (Wildman–Crippen LogP) is 6.76. The van der Waals surface area contributed by atoms with Crippen molar-refractivity contribution in [3.8, 4) is 17.3 Å². The minimum Gasteiger partial charge on any atom is -0.461 e. The zero-order valence-corrected chi connectivity index (χ0v) is 29.4. The highest BCUT2D eigenvalue weighted by Gasteiger charge is 2.49. The lowest BCUT2D eigenvalue weighted by atomic mass is 9.95. The van der Waals surface area contributed by atoms with Crippen molar-refractivity contribution in [2.75, 3.05) is 44.7 Å². The molecule has 8 rings (SSSR count). The number of rotatable bonds is 9. The number of fused-ring (bicyclic) bond motifs is 3. The van der Waals surface area contributed by atoms with Crippen LogP contribution in [0.1, 0.15) is 50.5 Å². The second kappa shape index (κ2) is 13.6. The van der Waals surface area contributed by atoms with Gasteiger partial charge in [0, 0.05) is 73.5 Å². The lowest BCUT2D eigenvalue weighted by Crippen LogP contribution is -2.43. The van der Waals surface area contributed by atoms with E-state index in [4.69, 9.17) is 25.8 Å². The number of halogens is 4. The number of pyridine rings is 1. The van der Waals surface area contributed by atoms with Gasteiger partial charge in [0.2, 0.25) is 11.7 Å². The van der Waals surface area contributed by atoms with Crippen LogP contribution in [0, 0.1) is 5.82 Å². The molecule has 3 aliphatic heterocycles. The maximum atomic E-state index is 16.8. The van der Waals surface area contributed by atoms with Crippen LogP contribution in [0.3, 0.4) is 0 Å². The van der Waals surface area contributed by atoms with E-state index in [0.29, 0.717) is 59.7 Å². The molecule has 6 heterocycles. The van der Waals surface area contributed by atoms with Gasteiger partial charge in [-0.05, 0) is 44.2 Å². The first kappa shape index (κ1) is 34.3. The third-order valence-electron chi connectivity index (χ3n) is 10.5. The van der Waals surface area contributed by atoms with E-state index in [1.165, 1.54) is 19.1 Å². The molecule has 0 saturated carbocycles. The number of benzene rings is 2. The lowest BCUT2D eigenvalue weighted by Gasteiger charge is -2.31. The molecule has 0 radical (unpaired) electrons. The number of hydrogen-bond donors (Lipinski definition) is 0. The normalized spacial score (nSPS) is 22.5. The smallest absolute Gasteiger partial charge is 0.319 e. The summed E-state index contributed by atoms with van der Waals surface area (Å²) >= 11 is 6.61. The molecular weight excluding hydrogens is 697 g/mol. The van der Waals surface area contributed by atoms with E-state index in [1.807, 2.05) is 36.2 Å². The van der Waals surface area contributed by atoms with Gasteiger partial charge in [-0.15, -0.1) is 0 Å². The number of likely N-dealkylation sites (N-methyl/N-ethyl adjacent to an activating group) is 1. The van der Waals surface area contributed by atoms with Crippen molar-refractivity contribution in [1.29, 1.82) is 0 Å². The summed E-state index contributed by atoms with van der Waals surface area (Å²) in [4.78, 5) is 36.7. The number of nitrogens with zero attached hydrogens (tertiary/aromatic N) is 8. The SMILES string of the molecule is CC(F)c1noc(/C=C/C(=O)N2CC[C@@H](N(C)c3nc(OC[C@@]45CCCN4C[C@H](F)C5)nc4c(F)c(-c5cccc6cccc(Cl)c56)ncc34)C2)n1. The van der Waals surface area contributed by atoms with Gasteiger partial charge in [-0.25, -0.2) is 13.2 Å². The Morgan fingerprint density at radius 3 is 2.83 bits per heavy atom. The van der Waals surface area contributed by atoms with Crippen molar-refractivity contribution in [2.45, 2.75) is 56.5 Å². The van der Waals surface area contributed by atoms with Crippen LogP contribution in [0.15, 0.2) is 53.2 Å². The van der Waals surface area contributed by atoms with Crippen LogP contribution in [0.5, 0.6) is 6.01 Å². The van der Waals surface area contributed by atoms with E-state index in [9.17, 15) is 13.6 Å². The maximum Gasteiger partial charge on any atom is 0.319 e. The van der Waals surface area contributed by atoms with Crippen molar-refractivity contribution in [3.63, 3.8) is 0 Å². The van der Waals surface area contributed by atoms with Gasteiger partial charge in [-0.2, -0.15) is 15.0 Å². The summed E-state index contributed by atoms with van der Waals surface area (Å²) in [5, 5.41) is 5.92. The van der Waals surface area contributed by atoms with Gasteiger partial charge in [0.1, 0.15) is 29.8 Å². The van der Waals surface area contributed by atoms with Crippen LogP contribution in [0.25, 0.3) is 39.0 Å². The number of ether oxygens (including phenoxy) is 1. The topological polar surface area (TPSA) is 114 Å². The monoisotopic (exact) mass is 732 g/mol. The van der Waals surface area contributed by atoms with E-state index in [2.05, 4.69) is 25.0 Å². The summed E-state index contributed by atoms with van der Waals surface area (Å²) in [6.45, 7) is 3.42. The molecule has 15 heteroatoms. The average Bonchev–Trinajstić information content (AvgIpc) is 3.94. The van der Waals surface area contributed by atoms with Gasteiger partial charge >= 0.3 is 6.01 Å². The molecule has 5 aromatic rings. The Morgan fingerprint density at radius 1 is 1.19 bits per heavy atom. The molecule has 3 aromatic heterocycles. The molecule has 270 valence electrons. The molecule has 1 amide bonds. The Hall–Kier alpha value is -4.82. The summed E-state index contributed by atoms with van der Waals surface area (Å²) in [6.07, 6.45) is 4.59. The van der Waals surface area contributed by atoms with Gasteiger partial charge in [0.25, 0.3) is 5.89 Å². The molecule has 3 saturated heterocycles. The summed E-state index contributed by atoms with van der Waals surface area (Å²) in [7, 11) is 1.83. The van der Waals surface area contributed by atoms with E-state index in [1.54, 1.807) is 23.2 Å². The van der Waals surface area contributed by atoms with Crippen molar-refractivity contribution in [3.05, 3.63) is 71.2 Å². The zero-order chi connectivity index (χ0) is 36.1. The summed E-state index contributed by atoms with van der Waals surface area (Å²) in [6, 6.07) is 10.8. The number of hydrogen-bond acceptors (Lipinski definition) is 10. The highest BCUT2D eigenvalue weighted by molar-refractivity contribution is 6.36. The molecule has 1 unspecified atom stereocenters. The molecule has 0 aliphatic carbocycles. The number of carbonyl (C=O) groups is 1. The Bertz CT molecular complexity index is 2200. The second-order valence-corrected chi connectivity index (χ2v) is 14.2. The standard InChI is InChI=1S/C37H36ClF3N8O3/c1-21(39)34-43-28(52-46-34)10-11-29(50)48-15-12-24(19-48)47(2)35-26-17-42-32(25-8-3-6-22-7-4-9-27(38)30(22)25)31(41)33(26)44-36(45-35)51-20-37-13-5-14-49(37)18-23(40)16-37/h3-4,6-11,17,21,23-24H,5,12-16,18-20H2,1-2H3/b11-10+/t21?,23-,24-,37+/m1/s1. The molecular formula is C37H36ClF3N8O3. The molecule has 3 aliphatic rings. The van der Waals surface area contributed by atoms with Crippen molar-refractivity contribution < 1.29 is 27.2 Å². The summed E-state index contributed by atoms with van der Waals surface area (Å²) in [5.41, 5.74) is 0.164. The quantitative estimate of drug-likeness (QED) is 0.151. The maximum absolute atomic E-state index is 16.8. The first-order valence-electron chi connectivity index (χ1n) is 17.3. The second-order valence-electron chi connectivity index (χ2n) is 13.8. The molecule has 4 atom stereocenters. The van der Waals surface area contributed by atoms with Crippen LogP contribution in [0.4, 0.5) is 19.0 Å². The van der Waals surface area contributed by atoms with E-state index in [0.717, 1.165) is 24.8 Å². The third-order valence-corrected chi connectivity index (χ3v) is 10.8. The fourth-order valence-electron chi connectivity index (χ4n) is 7.84. The number of anilines is 1. The molecule has 0 N–H and O–H groups in total. The molecule has 0 bridgehead atoms. The molecule has 0 spiro atoms.